The molecule has 0 bridgehead atoms. The molecule has 3 fully saturated rings. The molecule has 1 aliphatic carbocycles. The topological polar surface area (TPSA) is 36.4 Å². The lowest BCUT2D eigenvalue weighted by molar-refractivity contribution is -0.172. The van der Waals surface area contributed by atoms with Gasteiger partial charge in [0, 0.05) is 25.2 Å². The van der Waals surface area contributed by atoms with E-state index in [0.29, 0.717) is 0 Å². The number of carbonyl (C=O) groups is 1. The Hall–Kier alpha value is -1.56. The SMILES string of the molecule is O=C(C1CCCC12CCN(Cc1ccccn1)C2)N1CC(F)(F)C1. The number of likely N-dealkylation sites (tertiary alicyclic amines) is 2. The van der Waals surface area contributed by atoms with Crippen LogP contribution < -0.4 is 0 Å². The number of rotatable bonds is 3. The molecular weight excluding hydrogens is 312 g/mol. The summed E-state index contributed by atoms with van der Waals surface area (Å²) in [6.45, 7) is 1.85. The van der Waals surface area contributed by atoms with Crippen LogP contribution in [0.25, 0.3) is 0 Å². The van der Waals surface area contributed by atoms with Crippen LogP contribution in [0, 0.1) is 11.3 Å². The average molecular weight is 335 g/mol. The van der Waals surface area contributed by atoms with Gasteiger partial charge in [-0.25, -0.2) is 8.78 Å². The standard InChI is InChI=1S/C18H23F2N3O/c19-18(20)12-23(13-18)16(24)15-5-3-6-17(15)7-9-22(11-17)10-14-4-1-2-8-21-14/h1-2,4,8,15H,3,5-7,9-13H2. The highest BCUT2D eigenvalue weighted by molar-refractivity contribution is 5.81. The van der Waals surface area contributed by atoms with Gasteiger partial charge in [-0.05, 0) is 43.4 Å². The molecule has 1 aromatic heterocycles. The van der Waals surface area contributed by atoms with E-state index in [4.69, 9.17) is 0 Å². The molecule has 0 radical (unpaired) electrons. The molecule has 24 heavy (non-hydrogen) atoms. The fourth-order valence-corrected chi connectivity index (χ4v) is 4.74. The summed E-state index contributed by atoms with van der Waals surface area (Å²) >= 11 is 0. The maximum atomic E-state index is 13.1. The normalized spacial score (nSPS) is 32.2. The minimum absolute atomic E-state index is 0.0171. The van der Waals surface area contributed by atoms with E-state index in [-0.39, 0.29) is 17.2 Å². The van der Waals surface area contributed by atoms with Crippen LogP contribution in [0.4, 0.5) is 8.78 Å². The number of nitrogens with zero attached hydrogens (tertiary/aromatic N) is 3. The van der Waals surface area contributed by atoms with Gasteiger partial charge in [0.2, 0.25) is 5.91 Å². The molecule has 4 rings (SSSR count). The lowest BCUT2D eigenvalue weighted by Gasteiger charge is -2.42. The van der Waals surface area contributed by atoms with E-state index < -0.39 is 19.0 Å². The third-order valence-electron chi connectivity index (χ3n) is 5.94. The van der Waals surface area contributed by atoms with Crippen LogP contribution in [-0.4, -0.2) is 52.8 Å². The highest BCUT2D eigenvalue weighted by Crippen LogP contribution is 2.51. The summed E-state index contributed by atoms with van der Waals surface area (Å²) < 4.78 is 26.2. The molecule has 2 aliphatic heterocycles. The predicted molar refractivity (Wildman–Crippen MR) is 85.4 cm³/mol. The zero-order valence-electron chi connectivity index (χ0n) is 13.8. The van der Waals surface area contributed by atoms with Crippen molar-refractivity contribution >= 4 is 5.91 Å². The molecule has 1 spiro atoms. The van der Waals surface area contributed by atoms with Crippen LogP contribution in [0.5, 0.6) is 0 Å². The van der Waals surface area contributed by atoms with Gasteiger partial charge in [0.25, 0.3) is 5.92 Å². The number of aromatic nitrogens is 1. The van der Waals surface area contributed by atoms with Crippen molar-refractivity contribution < 1.29 is 13.6 Å². The number of hydrogen-bond acceptors (Lipinski definition) is 3. The molecule has 1 saturated carbocycles. The lowest BCUT2D eigenvalue weighted by Crippen LogP contribution is -2.60. The first kappa shape index (κ1) is 15.9. The smallest absolute Gasteiger partial charge is 0.282 e. The van der Waals surface area contributed by atoms with Gasteiger partial charge in [0.15, 0.2) is 0 Å². The van der Waals surface area contributed by atoms with E-state index in [0.717, 1.165) is 51.0 Å². The first-order valence-corrected chi connectivity index (χ1v) is 8.76. The van der Waals surface area contributed by atoms with Crippen LogP contribution in [-0.2, 0) is 11.3 Å². The van der Waals surface area contributed by atoms with Gasteiger partial charge < -0.3 is 4.90 Å². The van der Waals surface area contributed by atoms with Crippen LogP contribution in [0.15, 0.2) is 24.4 Å². The molecular formula is C18H23F2N3O. The summed E-state index contributed by atoms with van der Waals surface area (Å²) in [6.07, 6.45) is 5.69. The summed E-state index contributed by atoms with van der Waals surface area (Å²) in [7, 11) is 0. The lowest BCUT2D eigenvalue weighted by atomic mass is 9.76. The Balaban J connectivity index is 1.42. The van der Waals surface area contributed by atoms with Gasteiger partial charge in [0.1, 0.15) is 0 Å². The summed E-state index contributed by atoms with van der Waals surface area (Å²) in [5.41, 5.74) is 1.02. The van der Waals surface area contributed by atoms with Crippen LogP contribution in [0.3, 0.4) is 0 Å². The van der Waals surface area contributed by atoms with Crippen molar-refractivity contribution in [2.75, 3.05) is 26.2 Å². The highest BCUT2D eigenvalue weighted by atomic mass is 19.3. The van der Waals surface area contributed by atoms with Crippen molar-refractivity contribution in [2.45, 2.75) is 38.2 Å². The molecule has 130 valence electrons. The van der Waals surface area contributed by atoms with Gasteiger partial charge in [-0.2, -0.15) is 0 Å². The van der Waals surface area contributed by atoms with E-state index in [2.05, 4.69) is 9.88 Å². The van der Waals surface area contributed by atoms with Crippen molar-refractivity contribution in [1.82, 2.24) is 14.8 Å². The first-order valence-electron chi connectivity index (χ1n) is 8.76. The Morgan fingerprint density at radius 2 is 2.08 bits per heavy atom. The average Bonchev–Trinajstić information content (AvgIpc) is 3.13. The number of hydrogen-bond donors (Lipinski definition) is 0. The summed E-state index contributed by atoms with van der Waals surface area (Å²) in [4.78, 5) is 20.8. The second kappa shape index (κ2) is 5.76. The summed E-state index contributed by atoms with van der Waals surface area (Å²) in [5.74, 6) is -2.80. The molecule has 2 unspecified atom stereocenters. The Kier molecular flexibility index (Phi) is 3.82. The van der Waals surface area contributed by atoms with E-state index >= 15 is 0 Å². The van der Waals surface area contributed by atoms with E-state index in [1.807, 2.05) is 18.2 Å². The van der Waals surface area contributed by atoms with Crippen LogP contribution in [0.1, 0.15) is 31.4 Å². The molecule has 2 saturated heterocycles. The predicted octanol–water partition coefficient (Wildman–Crippen LogP) is 2.55. The van der Waals surface area contributed by atoms with Crippen molar-refractivity contribution in [2.24, 2.45) is 11.3 Å². The van der Waals surface area contributed by atoms with E-state index in [1.54, 1.807) is 6.20 Å². The van der Waals surface area contributed by atoms with Crippen molar-refractivity contribution in [1.29, 1.82) is 0 Å². The zero-order valence-corrected chi connectivity index (χ0v) is 13.8. The van der Waals surface area contributed by atoms with Gasteiger partial charge in [0.05, 0.1) is 18.8 Å². The molecule has 0 N–H and O–H groups in total. The van der Waals surface area contributed by atoms with E-state index in [9.17, 15) is 13.6 Å². The van der Waals surface area contributed by atoms with Crippen LogP contribution in [0.2, 0.25) is 0 Å². The quantitative estimate of drug-likeness (QED) is 0.852. The van der Waals surface area contributed by atoms with Crippen molar-refractivity contribution in [3.8, 4) is 0 Å². The van der Waals surface area contributed by atoms with Crippen molar-refractivity contribution in [3.05, 3.63) is 30.1 Å². The maximum Gasteiger partial charge on any atom is 0.282 e. The second-order valence-corrected chi connectivity index (χ2v) is 7.64. The Morgan fingerprint density at radius 1 is 1.25 bits per heavy atom. The number of alkyl halides is 2. The fourth-order valence-electron chi connectivity index (χ4n) is 4.74. The molecule has 1 amide bonds. The van der Waals surface area contributed by atoms with Crippen LogP contribution >= 0.6 is 0 Å². The molecule has 4 nitrogen and oxygen atoms in total. The molecule has 1 aromatic rings. The van der Waals surface area contributed by atoms with Gasteiger partial charge in [-0.15, -0.1) is 0 Å². The minimum Gasteiger partial charge on any atom is -0.330 e. The second-order valence-electron chi connectivity index (χ2n) is 7.64. The molecule has 3 aliphatic rings. The number of halogens is 2. The van der Waals surface area contributed by atoms with Crippen molar-refractivity contribution in [3.63, 3.8) is 0 Å². The molecule has 2 atom stereocenters. The number of pyridine rings is 1. The number of amides is 1. The Bertz CT molecular complexity index is 616. The monoisotopic (exact) mass is 335 g/mol. The largest absolute Gasteiger partial charge is 0.330 e. The van der Waals surface area contributed by atoms with Gasteiger partial charge in [-0.3, -0.25) is 14.7 Å². The Morgan fingerprint density at radius 3 is 2.79 bits per heavy atom. The highest BCUT2D eigenvalue weighted by Gasteiger charge is 2.55. The third-order valence-corrected chi connectivity index (χ3v) is 5.94. The van der Waals surface area contributed by atoms with Gasteiger partial charge >= 0.3 is 0 Å². The maximum absolute atomic E-state index is 13.1. The fraction of sp³-hybridized carbons (Fsp3) is 0.667. The third kappa shape index (κ3) is 2.81. The molecule has 6 heteroatoms. The molecule has 3 heterocycles. The molecule has 0 aromatic carbocycles. The first-order chi connectivity index (χ1) is 11.5. The zero-order chi connectivity index (χ0) is 16.8. The number of carbonyl (C=O) groups excluding carboxylic acids is 1. The van der Waals surface area contributed by atoms with Gasteiger partial charge in [-0.1, -0.05) is 12.5 Å². The van der Waals surface area contributed by atoms with E-state index in [1.165, 1.54) is 4.90 Å². The Labute approximate surface area is 140 Å². The summed E-state index contributed by atoms with van der Waals surface area (Å²) in [6, 6.07) is 5.91. The minimum atomic E-state index is -2.68. The summed E-state index contributed by atoms with van der Waals surface area (Å²) in [5, 5.41) is 0.